The number of benzene rings is 1. The van der Waals surface area contributed by atoms with Gasteiger partial charge in [0.1, 0.15) is 12.6 Å². The van der Waals surface area contributed by atoms with E-state index in [1.54, 1.807) is 0 Å². The average molecular weight is 465 g/mol. The standard InChI is InChI=1S/C23H24N6O3S/c1-5-14-8-6-7-9-15(14)20-31-12-16(32-20)33-22-28-17-18(24)26-13-27-19(17)29(22)11-10-25-21(30)23(2,3)4/h1,6-9,12-13,20H,10-11H2,2-4H3,(H,25,30)(H2,24,26,27). The van der Waals surface area contributed by atoms with Crippen molar-refractivity contribution in [1.29, 1.82) is 0 Å². The molecule has 1 unspecified atom stereocenters. The molecule has 0 bridgehead atoms. The molecule has 4 rings (SSSR count). The van der Waals surface area contributed by atoms with Crippen LogP contribution in [0.2, 0.25) is 0 Å². The molecule has 33 heavy (non-hydrogen) atoms. The molecule has 9 nitrogen and oxygen atoms in total. The van der Waals surface area contributed by atoms with E-state index in [0.717, 1.165) is 5.56 Å². The summed E-state index contributed by atoms with van der Waals surface area (Å²) >= 11 is 1.27. The lowest BCUT2D eigenvalue weighted by Crippen LogP contribution is -2.36. The van der Waals surface area contributed by atoms with E-state index in [9.17, 15) is 4.79 Å². The van der Waals surface area contributed by atoms with E-state index in [2.05, 4.69) is 26.2 Å². The molecule has 1 aromatic carbocycles. The van der Waals surface area contributed by atoms with Gasteiger partial charge in [-0.15, -0.1) is 6.42 Å². The Morgan fingerprint density at radius 1 is 1.33 bits per heavy atom. The maximum Gasteiger partial charge on any atom is 0.269 e. The van der Waals surface area contributed by atoms with Gasteiger partial charge in [0.15, 0.2) is 22.1 Å². The minimum absolute atomic E-state index is 0.0412. The third kappa shape index (κ3) is 4.73. The molecule has 1 aliphatic heterocycles. The second-order valence-corrected chi connectivity index (χ2v) is 9.31. The van der Waals surface area contributed by atoms with Gasteiger partial charge >= 0.3 is 0 Å². The maximum atomic E-state index is 12.3. The quantitative estimate of drug-likeness (QED) is 0.534. The first kappa shape index (κ1) is 22.5. The zero-order valence-corrected chi connectivity index (χ0v) is 19.3. The number of anilines is 1. The average Bonchev–Trinajstić information content (AvgIpc) is 3.39. The second-order valence-electron chi connectivity index (χ2n) is 8.34. The molecule has 1 aliphatic rings. The minimum atomic E-state index is -0.645. The van der Waals surface area contributed by atoms with Crippen LogP contribution in [0.5, 0.6) is 0 Å². The van der Waals surface area contributed by atoms with Gasteiger partial charge in [0, 0.05) is 29.6 Å². The van der Waals surface area contributed by atoms with E-state index >= 15 is 0 Å². The van der Waals surface area contributed by atoms with Gasteiger partial charge in [0.05, 0.1) is 0 Å². The number of hydrogen-bond acceptors (Lipinski definition) is 8. The topological polar surface area (TPSA) is 117 Å². The molecule has 0 radical (unpaired) electrons. The minimum Gasteiger partial charge on any atom is -0.454 e. The number of carbonyl (C=O) groups is 1. The van der Waals surface area contributed by atoms with E-state index in [0.29, 0.717) is 40.1 Å². The van der Waals surface area contributed by atoms with Gasteiger partial charge in [-0.1, -0.05) is 44.9 Å². The van der Waals surface area contributed by atoms with Crippen LogP contribution in [0.15, 0.2) is 47.1 Å². The first-order chi connectivity index (χ1) is 15.8. The fourth-order valence-corrected chi connectivity index (χ4v) is 3.99. The first-order valence-electron chi connectivity index (χ1n) is 10.3. The molecule has 3 aromatic rings. The van der Waals surface area contributed by atoms with Crippen LogP contribution in [-0.4, -0.2) is 32.0 Å². The van der Waals surface area contributed by atoms with Crippen LogP contribution in [0.4, 0.5) is 5.82 Å². The number of thioether (sulfide) groups is 1. The molecule has 0 saturated heterocycles. The highest BCUT2D eigenvalue weighted by Crippen LogP contribution is 2.39. The first-order valence-corrected chi connectivity index (χ1v) is 11.1. The molecule has 2 aromatic heterocycles. The number of amides is 1. The maximum absolute atomic E-state index is 12.3. The number of rotatable bonds is 6. The predicted molar refractivity (Wildman–Crippen MR) is 125 cm³/mol. The number of carbonyl (C=O) groups excluding carboxylic acids is 1. The molecule has 1 amide bonds. The van der Waals surface area contributed by atoms with Gasteiger partial charge < -0.3 is 25.1 Å². The summed E-state index contributed by atoms with van der Waals surface area (Å²) in [4.78, 5) is 25.2. The molecule has 0 aliphatic carbocycles. The Kier molecular flexibility index (Phi) is 6.16. The van der Waals surface area contributed by atoms with Crippen molar-refractivity contribution < 1.29 is 14.3 Å². The molecule has 1 atom stereocenters. The normalized spacial score (nSPS) is 15.5. The summed E-state index contributed by atoms with van der Waals surface area (Å²) in [6.07, 6.45) is 7.87. The number of ether oxygens (including phenoxy) is 2. The highest BCUT2D eigenvalue weighted by Gasteiger charge is 2.27. The summed E-state index contributed by atoms with van der Waals surface area (Å²) in [6.45, 7) is 6.43. The summed E-state index contributed by atoms with van der Waals surface area (Å²) in [7, 11) is 0. The Bertz CT molecular complexity index is 1270. The van der Waals surface area contributed by atoms with Crippen LogP contribution in [0.3, 0.4) is 0 Å². The fraction of sp³-hybridized carbons (Fsp3) is 0.304. The monoisotopic (exact) mass is 464 g/mol. The highest BCUT2D eigenvalue weighted by atomic mass is 32.2. The molecule has 3 N–H and O–H groups in total. The molecule has 0 spiro atoms. The van der Waals surface area contributed by atoms with Crippen molar-refractivity contribution in [1.82, 2.24) is 24.8 Å². The van der Waals surface area contributed by atoms with Gasteiger partial charge in [0.2, 0.25) is 11.0 Å². The van der Waals surface area contributed by atoms with E-state index in [-0.39, 0.29) is 11.7 Å². The van der Waals surface area contributed by atoms with Gasteiger partial charge in [-0.05, 0) is 17.8 Å². The van der Waals surface area contributed by atoms with Crippen molar-refractivity contribution >= 4 is 34.7 Å². The molecule has 0 saturated carbocycles. The lowest BCUT2D eigenvalue weighted by Gasteiger charge is -2.18. The lowest BCUT2D eigenvalue weighted by molar-refractivity contribution is -0.128. The number of aromatic nitrogens is 4. The third-order valence-corrected chi connectivity index (χ3v) is 5.79. The van der Waals surface area contributed by atoms with Crippen molar-refractivity contribution in [3.8, 4) is 12.3 Å². The fourth-order valence-electron chi connectivity index (χ4n) is 3.15. The Morgan fingerprint density at radius 3 is 2.88 bits per heavy atom. The SMILES string of the molecule is C#Cc1ccccc1C1OC=C(Sc2nc3c(N)ncnc3n2CCNC(=O)C(C)(C)C)O1. The Hall–Kier alpha value is -3.71. The van der Waals surface area contributed by atoms with Gasteiger partial charge in [0.25, 0.3) is 6.29 Å². The summed E-state index contributed by atoms with van der Waals surface area (Å²) in [5.41, 5.74) is 8.05. The zero-order valence-electron chi connectivity index (χ0n) is 18.5. The van der Waals surface area contributed by atoms with E-state index in [4.69, 9.17) is 21.6 Å². The molecular formula is C23H24N6O3S. The van der Waals surface area contributed by atoms with Crippen molar-refractivity contribution in [2.75, 3.05) is 12.3 Å². The van der Waals surface area contributed by atoms with Gasteiger partial charge in [-0.25, -0.2) is 15.0 Å². The number of imidazole rings is 1. The second kappa shape index (κ2) is 9.03. The van der Waals surface area contributed by atoms with Gasteiger partial charge in [-0.2, -0.15) is 0 Å². The van der Waals surface area contributed by atoms with Crippen LogP contribution in [0.25, 0.3) is 11.2 Å². The van der Waals surface area contributed by atoms with E-state index < -0.39 is 11.7 Å². The Morgan fingerprint density at radius 2 is 2.12 bits per heavy atom. The number of nitrogen functional groups attached to an aromatic ring is 1. The zero-order chi connectivity index (χ0) is 23.6. The van der Waals surface area contributed by atoms with Crippen LogP contribution < -0.4 is 11.1 Å². The van der Waals surface area contributed by atoms with Gasteiger partial charge in [-0.3, -0.25) is 4.79 Å². The molecule has 0 fully saturated rings. The highest BCUT2D eigenvalue weighted by molar-refractivity contribution is 8.02. The summed E-state index contributed by atoms with van der Waals surface area (Å²) in [5.74, 6) is 2.88. The predicted octanol–water partition coefficient (Wildman–Crippen LogP) is 3.19. The van der Waals surface area contributed by atoms with Crippen LogP contribution >= 0.6 is 11.8 Å². The molecule has 10 heteroatoms. The summed E-state index contributed by atoms with van der Waals surface area (Å²) in [6, 6.07) is 7.44. The number of fused-ring (bicyclic) bond motifs is 1. The number of nitrogens with one attached hydrogen (secondary N) is 1. The Labute approximate surface area is 195 Å². The summed E-state index contributed by atoms with van der Waals surface area (Å²) in [5, 5.41) is 4.04. The van der Waals surface area contributed by atoms with Crippen LogP contribution in [0.1, 0.15) is 38.2 Å². The lowest BCUT2D eigenvalue weighted by atomic mass is 9.96. The Balaban J connectivity index is 1.54. The van der Waals surface area contributed by atoms with E-state index in [1.165, 1.54) is 24.4 Å². The third-order valence-electron chi connectivity index (χ3n) is 4.90. The van der Waals surface area contributed by atoms with Crippen molar-refractivity contribution in [2.24, 2.45) is 5.41 Å². The van der Waals surface area contributed by atoms with Crippen molar-refractivity contribution in [3.63, 3.8) is 0 Å². The number of nitrogens with zero attached hydrogens (tertiary/aromatic N) is 4. The molecule has 3 heterocycles. The van der Waals surface area contributed by atoms with Crippen molar-refractivity contribution in [2.45, 2.75) is 38.8 Å². The number of nitrogens with two attached hydrogens (primary N) is 1. The van der Waals surface area contributed by atoms with Crippen LogP contribution in [-0.2, 0) is 20.8 Å². The largest absolute Gasteiger partial charge is 0.454 e. The van der Waals surface area contributed by atoms with E-state index in [1.807, 2.05) is 49.6 Å². The van der Waals surface area contributed by atoms with Crippen LogP contribution in [0, 0.1) is 17.8 Å². The number of hydrogen-bond donors (Lipinski definition) is 2. The number of terminal acetylenes is 1. The smallest absolute Gasteiger partial charge is 0.269 e. The molecular weight excluding hydrogens is 440 g/mol. The van der Waals surface area contributed by atoms with Crippen molar-refractivity contribution in [3.05, 3.63) is 53.1 Å². The molecule has 170 valence electrons. The summed E-state index contributed by atoms with van der Waals surface area (Å²) < 4.78 is 13.6.